The molecule has 1 aliphatic rings. The summed E-state index contributed by atoms with van der Waals surface area (Å²) in [4.78, 5) is 28.0. The summed E-state index contributed by atoms with van der Waals surface area (Å²) in [6, 6.07) is 15.7. The highest BCUT2D eigenvalue weighted by Crippen LogP contribution is 2.16. The van der Waals surface area contributed by atoms with Crippen molar-refractivity contribution in [1.29, 1.82) is 0 Å². The van der Waals surface area contributed by atoms with Crippen LogP contribution in [-0.4, -0.2) is 54.4 Å². The molecule has 1 saturated heterocycles. The Morgan fingerprint density at radius 3 is 2.14 bits per heavy atom. The van der Waals surface area contributed by atoms with Gasteiger partial charge in [0.15, 0.2) is 0 Å². The van der Waals surface area contributed by atoms with Crippen LogP contribution in [0.5, 0.6) is 5.75 Å². The number of nitrogens with one attached hydrogen (secondary N) is 1. The fraction of sp³-hybridized carbons (Fsp3) is 0.391. The van der Waals surface area contributed by atoms with E-state index in [4.69, 9.17) is 4.74 Å². The zero-order chi connectivity index (χ0) is 20.6. The first-order valence-electron chi connectivity index (χ1n) is 10.1. The average Bonchev–Trinajstić information content (AvgIpc) is 2.71. The molecule has 0 atom stereocenters. The molecule has 1 heterocycles. The van der Waals surface area contributed by atoms with Crippen molar-refractivity contribution >= 4 is 17.5 Å². The third kappa shape index (κ3) is 6.32. The van der Waals surface area contributed by atoms with Crippen molar-refractivity contribution in [2.75, 3.05) is 38.1 Å². The number of nitrogens with zero attached hydrogens (tertiary/aromatic N) is 2. The van der Waals surface area contributed by atoms with E-state index in [0.717, 1.165) is 49.7 Å². The number of hydrogen-bond donors (Lipinski definition) is 1. The third-order valence-corrected chi connectivity index (χ3v) is 5.00. The fourth-order valence-electron chi connectivity index (χ4n) is 3.47. The molecule has 1 N–H and O–H groups in total. The minimum atomic E-state index is -0.100. The largest absolute Gasteiger partial charge is 0.494 e. The van der Waals surface area contributed by atoms with Gasteiger partial charge in [0, 0.05) is 45.3 Å². The minimum absolute atomic E-state index is 0.100. The van der Waals surface area contributed by atoms with E-state index >= 15 is 0 Å². The smallest absolute Gasteiger partial charge is 0.227 e. The normalized spacial score (nSPS) is 14.5. The molecule has 0 bridgehead atoms. The summed E-state index contributed by atoms with van der Waals surface area (Å²) in [6.45, 7) is 8.27. The Hall–Kier alpha value is -2.86. The summed E-state index contributed by atoms with van der Waals surface area (Å²) in [6.07, 6.45) is 0.388. The van der Waals surface area contributed by atoms with Gasteiger partial charge in [-0.15, -0.1) is 0 Å². The fourth-order valence-corrected chi connectivity index (χ4v) is 3.47. The summed E-state index contributed by atoms with van der Waals surface area (Å²) in [5, 5.41) is 2.74. The molecular formula is C23H29N3O3. The predicted molar refractivity (Wildman–Crippen MR) is 114 cm³/mol. The Morgan fingerprint density at radius 1 is 0.931 bits per heavy atom. The van der Waals surface area contributed by atoms with Gasteiger partial charge in [-0.3, -0.25) is 14.5 Å². The van der Waals surface area contributed by atoms with Gasteiger partial charge in [-0.25, -0.2) is 0 Å². The molecule has 6 heteroatoms. The molecule has 29 heavy (non-hydrogen) atoms. The summed E-state index contributed by atoms with van der Waals surface area (Å²) in [7, 11) is 0. The SMILES string of the molecule is CCOc1ccc(CN2CCN(C(=O)Cc3ccc(NC(C)=O)cc3)CC2)cc1. The van der Waals surface area contributed by atoms with Crippen LogP contribution in [-0.2, 0) is 22.6 Å². The van der Waals surface area contributed by atoms with Crippen molar-refractivity contribution in [2.45, 2.75) is 26.8 Å². The van der Waals surface area contributed by atoms with Crippen LogP contribution in [0.2, 0.25) is 0 Å². The summed E-state index contributed by atoms with van der Waals surface area (Å²) in [5.41, 5.74) is 2.96. The van der Waals surface area contributed by atoms with E-state index in [1.54, 1.807) is 0 Å². The van der Waals surface area contributed by atoms with Crippen molar-refractivity contribution in [3.8, 4) is 5.75 Å². The van der Waals surface area contributed by atoms with Crippen LogP contribution < -0.4 is 10.1 Å². The predicted octanol–water partition coefficient (Wildman–Crippen LogP) is 2.93. The van der Waals surface area contributed by atoms with Crippen molar-refractivity contribution in [3.05, 3.63) is 59.7 Å². The Labute approximate surface area is 172 Å². The maximum atomic E-state index is 12.6. The topological polar surface area (TPSA) is 61.9 Å². The number of benzene rings is 2. The molecule has 1 fully saturated rings. The van der Waals surface area contributed by atoms with Gasteiger partial charge in [-0.2, -0.15) is 0 Å². The van der Waals surface area contributed by atoms with Gasteiger partial charge < -0.3 is 15.0 Å². The van der Waals surface area contributed by atoms with Crippen molar-refractivity contribution in [1.82, 2.24) is 9.80 Å². The highest BCUT2D eigenvalue weighted by atomic mass is 16.5. The maximum Gasteiger partial charge on any atom is 0.227 e. The van der Waals surface area contributed by atoms with E-state index < -0.39 is 0 Å². The first kappa shape index (κ1) is 20.9. The lowest BCUT2D eigenvalue weighted by Gasteiger charge is -2.35. The molecule has 0 unspecified atom stereocenters. The number of amides is 2. The van der Waals surface area contributed by atoms with E-state index in [9.17, 15) is 9.59 Å². The lowest BCUT2D eigenvalue weighted by Crippen LogP contribution is -2.48. The number of piperazine rings is 1. The van der Waals surface area contributed by atoms with Crippen LogP contribution in [0.15, 0.2) is 48.5 Å². The van der Waals surface area contributed by atoms with Gasteiger partial charge in [0.25, 0.3) is 0 Å². The molecule has 0 aliphatic carbocycles. The van der Waals surface area contributed by atoms with Gasteiger partial charge in [0.2, 0.25) is 11.8 Å². The van der Waals surface area contributed by atoms with Crippen LogP contribution in [0.25, 0.3) is 0 Å². The standard InChI is InChI=1S/C23H29N3O3/c1-3-29-22-10-6-20(7-11-22)17-25-12-14-26(15-13-25)23(28)16-19-4-8-21(9-5-19)24-18(2)27/h4-11H,3,12-17H2,1-2H3,(H,24,27). The van der Waals surface area contributed by atoms with Crippen LogP contribution in [0.1, 0.15) is 25.0 Å². The van der Waals surface area contributed by atoms with Gasteiger partial charge in [0.05, 0.1) is 13.0 Å². The van der Waals surface area contributed by atoms with Gasteiger partial charge in [0.1, 0.15) is 5.75 Å². The number of carbonyl (C=O) groups excluding carboxylic acids is 2. The summed E-state index contributed by atoms with van der Waals surface area (Å²) < 4.78 is 5.49. The zero-order valence-corrected chi connectivity index (χ0v) is 17.2. The van der Waals surface area contributed by atoms with Crippen molar-refractivity contribution in [3.63, 3.8) is 0 Å². The highest BCUT2D eigenvalue weighted by Gasteiger charge is 2.21. The number of rotatable bonds is 7. The second kappa shape index (κ2) is 10.1. The molecule has 154 valence electrons. The molecule has 0 radical (unpaired) electrons. The molecule has 0 spiro atoms. The number of ether oxygens (including phenoxy) is 1. The monoisotopic (exact) mass is 395 g/mol. The highest BCUT2D eigenvalue weighted by molar-refractivity contribution is 5.88. The Morgan fingerprint density at radius 2 is 1.55 bits per heavy atom. The lowest BCUT2D eigenvalue weighted by molar-refractivity contribution is -0.132. The average molecular weight is 396 g/mol. The van der Waals surface area contributed by atoms with E-state index in [1.165, 1.54) is 12.5 Å². The van der Waals surface area contributed by atoms with Crippen LogP contribution in [0.3, 0.4) is 0 Å². The summed E-state index contributed by atoms with van der Waals surface area (Å²) in [5.74, 6) is 0.951. The van der Waals surface area contributed by atoms with Crippen LogP contribution in [0.4, 0.5) is 5.69 Å². The Balaban J connectivity index is 1.44. The maximum absolute atomic E-state index is 12.6. The first-order valence-corrected chi connectivity index (χ1v) is 10.1. The number of hydrogen-bond acceptors (Lipinski definition) is 4. The molecule has 2 aromatic carbocycles. The molecule has 0 saturated carbocycles. The van der Waals surface area contributed by atoms with Crippen molar-refractivity contribution in [2.24, 2.45) is 0 Å². The third-order valence-electron chi connectivity index (χ3n) is 5.00. The minimum Gasteiger partial charge on any atom is -0.494 e. The quantitative estimate of drug-likeness (QED) is 0.783. The lowest BCUT2D eigenvalue weighted by atomic mass is 10.1. The van der Waals surface area contributed by atoms with E-state index in [2.05, 4.69) is 22.3 Å². The molecular weight excluding hydrogens is 366 g/mol. The van der Waals surface area contributed by atoms with E-state index in [0.29, 0.717) is 13.0 Å². The van der Waals surface area contributed by atoms with Crippen molar-refractivity contribution < 1.29 is 14.3 Å². The van der Waals surface area contributed by atoms with E-state index in [1.807, 2.05) is 48.2 Å². The molecule has 3 rings (SSSR count). The Bertz CT molecular complexity index is 810. The van der Waals surface area contributed by atoms with Gasteiger partial charge >= 0.3 is 0 Å². The molecule has 0 aromatic heterocycles. The second-order valence-electron chi connectivity index (χ2n) is 7.29. The zero-order valence-electron chi connectivity index (χ0n) is 17.2. The van der Waals surface area contributed by atoms with E-state index in [-0.39, 0.29) is 11.8 Å². The molecule has 1 aliphatic heterocycles. The summed E-state index contributed by atoms with van der Waals surface area (Å²) >= 11 is 0. The molecule has 6 nitrogen and oxygen atoms in total. The molecule has 2 aromatic rings. The first-order chi connectivity index (χ1) is 14.0. The van der Waals surface area contributed by atoms with Gasteiger partial charge in [-0.1, -0.05) is 24.3 Å². The molecule has 2 amide bonds. The number of carbonyl (C=O) groups is 2. The Kier molecular flexibility index (Phi) is 7.25. The number of anilines is 1. The van der Waals surface area contributed by atoms with Crippen LogP contribution >= 0.6 is 0 Å². The van der Waals surface area contributed by atoms with Gasteiger partial charge in [-0.05, 0) is 42.3 Å². The van der Waals surface area contributed by atoms with Crippen LogP contribution in [0, 0.1) is 0 Å². The second-order valence-corrected chi connectivity index (χ2v) is 7.29.